The zero-order valence-corrected chi connectivity index (χ0v) is 10.3. The number of hydrogen-bond acceptors (Lipinski definition) is 5. The normalized spacial score (nSPS) is 14.5. The van der Waals surface area contributed by atoms with Gasteiger partial charge >= 0.3 is 0 Å². The van der Waals surface area contributed by atoms with E-state index in [1.54, 1.807) is 0 Å². The van der Waals surface area contributed by atoms with Crippen LogP contribution >= 0.6 is 11.6 Å². The molecule has 0 aromatic carbocycles. The van der Waals surface area contributed by atoms with E-state index in [-0.39, 0.29) is 18.0 Å². The lowest BCUT2D eigenvalue weighted by Gasteiger charge is -2.29. The minimum atomic E-state index is -0.251. The molecule has 1 aromatic heterocycles. The van der Waals surface area contributed by atoms with Crippen molar-refractivity contribution in [3.05, 3.63) is 11.3 Å². The van der Waals surface area contributed by atoms with Crippen LogP contribution in [0.4, 0.5) is 11.6 Å². The number of halogens is 1. The van der Waals surface area contributed by atoms with Gasteiger partial charge in [0, 0.05) is 12.1 Å². The molecular formula is C10H17ClN4O. The van der Waals surface area contributed by atoms with Crippen molar-refractivity contribution in [3.8, 4) is 0 Å². The van der Waals surface area contributed by atoms with Crippen molar-refractivity contribution in [1.82, 2.24) is 9.97 Å². The van der Waals surface area contributed by atoms with Crippen molar-refractivity contribution in [2.45, 2.75) is 32.2 Å². The van der Waals surface area contributed by atoms with Gasteiger partial charge in [-0.15, -0.1) is 0 Å². The maximum absolute atomic E-state index is 9.00. The van der Waals surface area contributed by atoms with Crippen molar-refractivity contribution in [2.24, 2.45) is 0 Å². The van der Waals surface area contributed by atoms with Gasteiger partial charge in [0.15, 0.2) is 5.82 Å². The van der Waals surface area contributed by atoms with Crippen LogP contribution in [0.25, 0.3) is 0 Å². The molecule has 6 heteroatoms. The molecule has 5 nitrogen and oxygen atoms in total. The summed E-state index contributed by atoms with van der Waals surface area (Å²) in [5.41, 5.74) is 5.33. The fourth-order valence-electron chi connectivity index (χ4n) is 1.33. The van der Waals surface area contributed by atoms with Crippen LogP contribution in [-0.2, 0) is 0 Å². The van der Waals surface area contributed by atoms with E-state index in [0.29, 0.717) is 17.3 Å². The number of nitrogens with two attached hydrogens (primary N) is 1. The Kier molecular flexibility index (Phi) is 4.32. The molecule has 0 bridgehead atoms. The molecule has 1 unspecified atom stereocenters. The van der Waals surface area contributed by atoms with Gasteiger partial charge in [-0.2, -0.15) is 0 Å². The van der Waals surface area contributed by atoms with Crippen LogP contribution in [0.3, 0.4) is 0 Å². The molecule has 0 aliphatic heterocycles. The SMILES string of the molecule is CCC(C)(CCO)Nc1ncnc(N)c1Cl. The van der Waals surface area contributed by atoms with E-state index in [2.05, 4.69) is 15.3 Å². The average Bonchev–Trinajstić information content (AvgIpc) is 2.25. The second-order valence-electron chi connectivity index (χ2n) is 3.93. The zero-order chi connectivity index (χ0) is 12.2. The number of aliphatic hydroxyl groups is 1. The van der Waals surface area contributed by atoms with Crippen LogP contribution < -0.4 is 11.1 Å². The van der Waals surface area contributed by atoms with Crippen LogP contribution in [0, 0.1) is 0 Å². The van der Waals surface area contributed by atoms with E-state index < -0.39 is 0 Å². The lowest BCUT2D eigenvalue weighted by atomic mass is 9.95. The third kappa shape index (κ3) is 2.96. The fraction of sp³-hybridized carbons (Fsp3) is 0.600. The Morgan fingerprint density at radius 2 is 2.25 bits per heavy atom. The van der Waals surface area contributed by atoms with Gasteiger partial charge in [-0.25, -0.2) is 9.97 Å². The molecule has 0 saturated heterocycles. The Morgan fingerprint density at radius 1 is 1.56 bits per heavy atom. The highest BCUT2D eigenvalue weighted by atomic mass is 35.5. The maximum atomic E-state index is 9.00. The monoisotopic (exact) mass is 244 g/mol. The molecule has 1 rings (SSSR count). The van der Waals surface area contributed by atoms with E-state index >= 15 is 0 Å². The average molecular weight is 245 g/mol. The molecule has 1 aromatic rings. The third-order valence-electron chi connectivity index (χ3n) is 2.68. The summed E-state index contributed by atoms with van der Waals surface area (Å²) in [5.74, 6) is 0.758. The first-order valence-corrected chi connectivity index (χ1v) is 5.55. The molecule has 1 atom stereocenters. The zero-order valence-electron chi connectivity index (χ0n) is 9.50. The van der Waals surface area contributed by atoms with Crippen LogP contribution in [0.1, 0.15) is 26.7 Å². The highest BCUT2D eigenvalue weighted by Crippen LogP contribution is 2.28. The van der Waals surface area contributed by atoms with Gasteiger partial charge in [0.05, 0.1) is 0 Å². The Morgan fingerprint density at radius 3 is 2.81 bits per heavy atom. The third-order valence-corrected chi connectivity index (χ3v) is 3.05. The topological polar surface area (TPSA) is 84.1 Å². The summed E-state index contributed by atoms with van der Waals surface area (Å²) in [6.45, 7) is 4.13. The van der Waals surface area contributed by atoms with Crippen molar-refractivity contribution < 1.29 is 5.11 Å². The lowest BCUT2D eigenvalue weighted by molar-refractivity contribution is 0.252. The molecular weight excluding hydrogens is 228 g/mol. The molecule has 0 saturated carbocycles. The van der Waals surface area contributed by atoms with Crippen molar-refractivity contribution in [3.63, 3.8) is 0 Å². The number of hydrogen-bond donors (Lipinski definition) is 3. The van der Waals surface area contributed by atoms with Crippen molar-refractivity contribution >= 4 is 23.2 Å². The molecule has 0 fully saturated rings. The highest BCUT2D eigenvalue weighted by Gasteiger charge is 2.23. The largest absolute Gasteiger partial charge is 0.396 e. The molecule has 0 spiro atoms. The van der Waals surface area contributed by atoms with Crippen LogP contribution in [0.2, 0.25) is 5.02 Å². The molecule has 1 heterocycles. The second kappa shape index (κ2) is 5.32. The van der Waals surface area contributed by atoms with Gasteiger partial charge in [-0.3, -0.25) is 0 Å². The summed E-state index contributed by atoms with van der Waals surface area (Å²) in [4.78, 5) is 7.83. The number of nitrogen functional groups attached to an aromatic ring is 1. The molecule has 4 N–H and O–H groups in total. The quantitative estimate of drug-likeness (QED) is 0.734. The maximum Gasteiger partial charge on any atom is 0.150 e. The van der Waals surface area contributed by atoms with Crippen molar-refractivity contribution in [2.75, 3.05) is 17.7 Å². The summed E-state index contributed by atoms with van der Waals surface area (Å²) in [5, 5.41) is 12.5. The van der Waals surface area contributed by atoms with Gasteiger partial charge in [0.2, 0.25) is 0 Å². The number of rotatable bonds is 5. The van der Waals surface area contributed by atoms with Gasteiger partial charge in [0.25, 0.3) is 0 Å². The Bertz CT molecular complexity index is 361. The predicted octanol–water partition coefficient (Wildman–Crippen LogP) is 1.68. The number of anilines is 2. The second-order valence-corrected chi connectivity index (χ2v) is 4.31. The van der Waals surface area contributed by atoms with Gasteiger partial charge in [0.1, 0.15) is 17.2 Å². The van der Waals surface area contributed by atoms with E-state index in [0.717, 1.165) is 6.42 Å². The van der Waals surface area contributed by atoms with E-state index in [4.69, 9.17) is 22.4 Å². The highest BCUT2D eigenvalue weighted by molar-refractivity contribution is 6.35. The fourth-order valence-corrected chi connectivity index (χ4v) is 1.48. The summed E-state index contributed by atoms with van der Waals surface area (Å²) in [6.07, 6.45) is 2.82. The molecule has 16 heavy (non-hydrogen) atoms. The number of aromatic nitrogens is 2. The number of aliphatic hydroxyl groups excluding tert-OH is 1. The number of nitrogens with one attached hydrogen (secondary N) is 1. The standard InChI is InChI=1S/C10H17ClN4O/c1-3-10(2,4-5-16)15-9-7(11)8(12)13-6-14-9/h6,16H,3-5H2,1-2H3,(H3,12,13,14,15). The summed E-state index contributed by atoms with van der Waals surface area (Å²) >= 11 is 5.98. The molecule has 90 valence electrons. The summed E-state index contributed by atoms with van der Waals surface area (Å²) in [7, 11) is 0. The minimum absolute atomic E-state index is 0.107. The first-order valence-electron chi connectivity index (χ1n) is 5.17. The first-order chi connectivity index (χ1) is 7.52. The smallest absolute Gasteiger partial charge is 0.150 e. The van der Waals surface area contributed by atoms with E-state index in [1.807, 2.05) is 13.8 Å². The van der Waals surface area contributed by atoms with Crippen LogP contribution in [0.5, 0.6) is 0 Å². The van der Waals surface area contributed by atoms with Gasteiger partial charge in [-0.1, -0.05) is 18.5 Å². The van der Waals surface area contributed by atoms with Crippen LogP contribution in [0.15, 0.2) is 6.33 Å². The minimum Gasteiger partial charge on any atom is -0.396 e. The summed E-state index contributed by atoms with van der Waals surface area (Å²) < 4.78 is 0. The molecule has 0 amide bonds. The Balaban J connectivity index is 2.90. The van der Waals surface area contributed by atoms with Crippen molar-refractivity contribution in [1.29, 1.82) is 0 Å². The predicted molar refractivity (Wildman–Crippen MR) is 65.5 cm³/mol. The van der Waals surface area contributed by atoms with Gasteiger partial charge < -0.3 is 16.2 Å². The molecule has 0 aliphatic carbocycles. The molecule has 0 aliphatic rings. The summed E-state index contributed by atoms with van der Waals surface area (Å²) in [6, 6.07) is 0. The van der Waals surface area contributed by atoms with Crippen LogP contribution in [-0.4, -0.2) is 27.2 Å². The lowest BCUT2D eigenvalue weighted by Crippen LogP contribution is -2.35. The van der Waals surface area contributed by atoms with E-state index in [1.165, 1.54) is 6.33 Å². The Labute approximate surface area is 100 Å². The first kappa shape index (κ1) is 13.0. The number of nitrogens with zero attached hydrogens (tertiary/aromatic N) is 2. The molecule has 0 radical (unpaired) electrons. The van der Waals surface area contributed by atoms with E-state index in [9.17, 15) is 0 Å². The van der Waals surface area contributed by atoms with Gasteiger partial charge in [-0.05, 0) is 19.8 Å². The Hall–Kier alpha value is -1.07.